The van der Waals surface area contributed by atoms with E-state index in [-0.39, 0.29) is 0 Å². The highest BCUT2D eigenvalue weighted by atomic mass is 14.9. The highest BCUT2D eigenvalue weighted by Gasteiger charge is 1.92. The van der Waals surface area contributed by atoms with Gasteiger partial charge in [-0.25, -0.2) is 0 Å². The van der Waals surface area contributed by atoms with Crippen molar-refractivity contribution in [3.8, 4) is 0 Å². The molecular weight excluding hydrogens is 72.9 g/mol. The number of hydrogen-bond donors (Lipinski definition) is 1. The fraction of sp³-hybridized carbons (Fsp3) is 0.500. The molecule has 0 aromatic rings. The summed E-state index contributed by atoms with van der Waals surface area (Å²) in [4.78, 5) is 0. The second-order valence-corrected chi connectivity index (χ2v) is 1.68. The van der Waals surface area contributed by atoms with Crippen LogP contribution in [0.3, 0.4) is 0 Å². The molecule has 1 rings (SSSR count). The van der Waals surface area contributed by atoms with Gasteiger partial charge in [0, 0.05) is 13.1 Å². The number of rotatable bonds is 0. The van der Waals surface area contributed by atoms with Crippen molar-refractivity contribution in [1.29, 1.82) is 0 Å². The lowest BCUT2D eigenvalue weighted by molar-refractivity contribution is 0.888. The van der Waals surface area contributed by atoms with Gasteiger partial charge in [-0.1, -0.05) is 11.5 Å². The van der Waals surface area contributed by atoms with E-state index < -0.39 is 0 Å². The second kappa shape index (κ2) is 1.48. The van der Waals surface area contributed by atoms with E-state index in [0.29, 0.717) is 0 Å². The lowest BCUT2D eigenvalue weighted by Crippen LogP contribution is -2.07. The van der Waals surface area contributed by atoms with Gasteiger partial charge in [0.15, 0.2) is 0 Å². The third-order valence-corrected chi connectivity index (χ3v) is 0.999. The van der Waals surface area contributed by atoms with Crippen molar-refractivity contribution >= 4 is 7.85 Å². The highest BCUT2D eigenvalue weighted by Crippen LogP contribution is 1.88. The third-order valence-electron chi connectivity index (χ3n) is 0.999. The summed E-state index contributed by atoms with van der Waals surface area (Å²) in [6.07, 6.45) is 2.21. The Morgan fingerprint density at radius 2 is 2.67 bits per heavy atom. The van der Waals surface area contributed by atoms with Gasteiger partial charge in [-0.05, 0) is 0 Å². The van der Waals surface area contributed by atoms with Crippen LogP contribution in [0.15, 0.2) is 11.5 Å². The predicted octanol–water partition coefficient (Wildman–Crippen LogP) is -0.893. The van der Waals surface area contributed by atoms with Gasteiger partial charge >= 0.3 is 0 Å². The van der Waals surface area contributed by atoms with Gasteiger partial charge in [-0.15, -0.1) is 0 Å². The molecule has 1 aliphatic heterocycles. The van der Waals surface area contributed by atoms with Crippen molar-refractivity contribution in [2.45, 2.75) is 0 Å². The minimum absolute atomic E-state index is 1.08. The Balaban J connectivity index is 2.45. The average molecular weight is 80.9 g/mol. The molecule has 2 heteroatoms. The summed E-state index contributed by atoms with van der Waals surface area (Å²) < 4.78 is 0. The first-order valence-electron chi connectivity index (χ1n) is 2.26. The Labute approximate surface area is 38.8 Å². The van der Waals surface area contributed by atoms with E-state index in [1.54, 1.807) is 0 Å². The molecule has 0 unspecified atom stereocenters. The number of hydrogen-bond acceptors (Lipinski definition) is 1. The van der Waals surface area contributed by atoms with Crippen molar-refractivity contribution < 1.29 is 0 Å². The summed E-state index contributed by atoms with van der Waals surface area (Å²) in [7, 11) is 2.14. The Kier molecular flexibility index (Phi) is 0.969. The molecule has 0 spiro atoms. The summed E-state index contributed by atoms with van der Waals surface area (Å²) in [5.41, 5.74) is 1.47. The fourth-order valence-electron chi connectivity index (χ4n) is 0.588. The molecule has 0 saturated carbocycles. The minimum Gasteiger partial charge on any atom is -0.310 e. The van der Waals surface area contributed by atoms with E-state index in [9.17, 15) is 0 Å². The summed E-state index contributed by atoms with van der Waals surface area (Å²) in [5.74, 6) is 0. The molecule has 0 fully saturated rings. The van der Waals surface area contributed by atoms with Crippen LogP contribution in [0.5, 0.6) is 0 Å². The molecule has 1 aliphatic rings. The zero-order valence-electron chi connectivity index (χ0n) is 3.99. The van der Waals surface area contributed by atoms with Crippen LogP contribution in [-0.4, -0.2) is 20.9 Å². The maximum absolute atomic E-state index is 3.18. The molecule has 0 bridgehead atoms. The van der Waals surface area contributed by atoms with Crippen LogP contribution in [0.1, 0.15) is 0 Å². The largest absolute Gasteiger partial charge is 0.310 e. The van der Waals surface area contributed by atoms with Crippen LogP contribution in [0.2, 0.25) is 0 Å². The van der Waals surface area contributed by atoms with Crippen LogP contribution in [0.25, 0.3) is 0 Å². The fourth-order valence-corrected chi connectivity index (χ4v) is 0.588. The zero-order valence-corrected chi connectivity index (χ0v) is 3.99. The maximum atomic E-state index is 3.18. The van der Waals surface area contributed by atoms with Crippen molar-refractivity contribution in [1.82, 2.24) is 5.32 Å². The molecule has 6 heavy (non-hydrogen) atoms. The molecule has 0 aliphatic carbocycles. The van der Waals surface area contributed by atoms with Crippen molar-refractivity contribution in [2.75, 3.05) is 13.1 Å². The molecule has 1 heterocycles. The minimum atomic E-state index is 1.08. The summed E-state index contributed by atoms with van der Waals surface area (Å²) in [5, 5.41) is 3.18. The quantitative estimate of drug-likeness (QED) is 0.373. The first-order valence-corrected chi connectivity index (χ1v) is 2.26. The van der Waals surface area contributed by atoms with Crippen LogP contribution in [0, 0.1) is 0 Å². The topological polar surface area (TPSA) is 12.0 Å². The predicted molar refractivity (Wildman–Crippen MR) is 29.5 cm³/mol. The third kappa shape index (κ3) is 0.629. The van der Waals surface area contributed by atoms with Gasteiger partial charge in [0.05, 0.1) is 0 Å². The van der Waals surface area contributed by atoms with Crippen LogP contribution in [-0.2, 0) is 0 Å². The molecule has 1 N–H and O–H groups in total. The van der Waals surface area contributed by atoms with Gasteiger partial charge < -0.3 is 5.32 Å². The van der Waals surface area contributed by atoms with Crippen LogP contribution >= 0.6 is 0 Å². The number of nitrogens with one attached hydrogen (secondary N) is 1. The van der Waals surface area contributed by atoms with Crippen molar-refractivity contribution in [3.05, 3.63) is 11.5 Å². The van der Waals surface area contributed by atoms with Crippen LogP contribution in [0.4, 0.5) is 0 Å². The van der Waals surface area contributed by atoms with E-state index in [2.05, 4.69) is 19.2 Å². The van der Waals surface area contributed by atoms with E-state index in [4.69, 9.17) is 0 Å². The first kappa shape index (κ1) is 3.94. The van der Waals surface area contributed by atoms with Gasteiger partial charge in [0.1, 0.15) is 7.85 Å². The molecule has 0 aromatic heterocycles. The summed E-state index contributed by atoms with van der Waals surface area (Å²) >= 11 is 0. The highest BCUT2D eigenvalue weighted by molar-refractivity contribution is 6.22. The zero-order chi connectivity index (χ0) is 4.41. The molecule has 0 aromatic carbocycles. The molecule has 1 nitrogen and oxygen atoms in total. The molecule has 0 atom stereocenters. The molecule has 0 amide bonds. The Morgan fingerprint density at radius 1 is 1.83 bits per heavy atom. The van der Waals surface area contributed by atoms with E-state index in [1.165, 1.54) is 5.47 Å². The van der Waals surface area contributed by atoms with Gasteiger partial charge in [-0.2, -0.15) is 0 Å². The monoisotopic (exact) mass is 81.1 g/mol. The van der Waals surface area contributed by atoms with E-state index in [1.807, 2.05) is 0 Å². The lowest BCUT2D eigenvalue weighted by Gasteiger charge is -1.83. The van der Waals surface area contributed by atoms with E-state index in [0.717, 1.165) is 13.1 Å². The SMILES string of the molecule is BC1=CCNC1. The molecule has 32 valence electrons. The molecule has 0 radical (unpaired) electrons. The summed E-state index contributed by atoms with van der Waals surface area (Å²) in [6.45, 7) is 2.17. The Morgan fingerprint density at radius 3 is 2.83 bits per heavy atom. The van der Waals surface area contributed by atoms with Crippen LogP contribution < -0.4 is 5.32 Å². The second-order valence-electron chi connectivity index (χ2n) is 1.68. The van der Waals surface area contributed by atoms with Crippen molar-refractivity contribution in [3.63, 3.8) is 0 Å². The normalized spacial score (nSPS) is 21.0. The Hall–Kier alpha value is -0.235. The molecule has 0 saturated heterocycles. The molecular formula is C4H8BN. The lowest BCUT2D eigenvalue weighted by atomic mass is 9.98. The summed E-state index contributed by atoms with van der Waals surface area (Å²) in [6, 6.07) is 0. The van der Waals surface area contributed by atoms with Crippen molar-refractivity contribution in [2.24, 2.45) is 0 Å². The van der Waals surface area contributed by atoms with Gasteiger partial charge in [-0.3, -0.25) is 0 Å². The van der Waals surface area contributed by atoms with Gasteiger partial charge in [0.2, 0.25) is 0 Å². The smallest absolute Gasteiger partial charge is 0.135 e. The average Bonchev–Trinajstić information content (AvgIpc) is 1.86. The maximum Gasteiger partial charge on any atom is 0.135 e. The van der Waals surface area contributed by atoms with Gasteiger partial charge in [0.25, 0.3) is 0 Å². The standard InChI is InChI=1S/C4H8BN/c5-4-1-2-6-3-4/h1,6H,2-3,5H2. The first-order chi connectivity index (χ1) is 2.89. The van der Waals surface area contributed by atoms with E-state index >= 15 is 0 Å². The Bertz CT molecular complexity index is 77.6.